The van der Waals surface area contributed by atoms with Gasteiger partial charge in [-0.25, -0.2) is 0 Å². The SMILES string of the molecule is Cl.N[C@@H](c1c(O)cc(Cl)cc1Cl)C1CCCCC1. The number of rotatable bonds is 2. The minimum Gasteiger partial charge on any atom is -0.508 e. The van der Waals surface area contributed by atoms with Crippen LogP contribution < -0.4 is 5.73 Å². The van der Waals surface area contributed by atoms with Gasteiger partial charge in [0.25, 0.3) is 0 Å². The van der Waals surface area contributed by atoms with E-state index < -0.39 is 0 Å². The van der Waals surface area contributed by atoms with Crippen molar-refractivity contribution < 1.29 is 5.11 Å². The Bertz CT molecular complexity index is 382. The van der Waals surface area contributed by atoms with Gasteiger partial charge in [0.15, 0.2) is 0 Å². The Balaban J connectivity index is 0.00000162. The highest BCUT2D eigenvalue weighted by Crippen LogP contribution is 2.40. The Hall–Kier alpha value is -0.150. The lowest BCUT2D eigenvalue weighted by Gasteiger charge is -2.28. The van der Waals surface area contributed by atoms with Crippen LogP contribution in [0, 0.1) is 5.92 Å². The van der Waals surface area contributed by atoms with E-state index in [0.717, 1.165) is 12.8 Å². The Kier molecular flexibility index (Phi) is 6.06. The second-order valence-corrected chi connectivity index (χ2v) is 5.59. The molecule has 1 fully saturated rings. The molecule has 0 radical (unpaired) electrons. The van der Waals surface area contributed by atoms with Crippen molar-refractivity contribution in [3.63, 3.8) is 0 Å². The van der Waals surface area contributed by atoms with E-state index in [9.17, 15) is 5.11 Å². The number of phenols is 1. The molecule has 1 aromatic carbocycles. The van der Waals surface area contributed by atoms with E-state index in [2.05, 4.69) is 0 Å². The van der Waals surface area contributed by atoms with Gasteiger partial charge in [0, 0.05) is 16.6 Å². The fourth-order valence-electron chi connectivity index (χ4n) is 2.63. The topological polar surface area (TPSA) is 46.2 Å². The van der Waals surface area contributed by atoms with Crippen molar-refractivity contribution in [2.24, 2.45) is 11.7 Å². The summed E-state index contributed by atoms with van der Waals surface area (Å²) in [6, 6.07) is 2.95. The van der Waals surface area contributed by atoms with Crippen molar-refractivity contribution in [2.45, 2.75) is 38.1 Å². The molecule has 0 spiro atoms. The predicted octanol–water partition coefficient (Wildman–Crippen LogP) is 4.70. The molecule has 1 saturated carbocycles. The number of phenolic OH excluding ortho intramolecular Hbond substituents is 1. The maximum atomic E-state index is 9.92. The van der Waals surface area contributed by atoms with Crippen LogP contribution in [0.15, 0.2) is 12.1 Å². The van der Waals surface area contributed by atoms with E-state index in [-0.39, 0.29) is 24.2 Å². The molecule has 1 aliphatic rings. The maximum absolute atomic E-state index is 9.92. The molecule has 0 amide bonds. The van der Waals surface area contributed by atoms with Crippen LogP contribution in [0.2, 0.25) is 10.0 Å². The monoisotopic (exact) mass is 309 g/mol. The number of hydrogen-bond acceptors (Lipinski definition) is 2. The number of aromatic hydroxyl groups is 1. The first kappa shape index (κ1) is 15.9. The van der Waals surface area contributed by atoms with Crippen molar-refractivity contribution in [1.82, 2.24) is 0 Å². The first-order valence-corrected chi connectivity index (χ1v) is 6.78. The van der Waals surface area contributed by atoms with Crippen LogP contribution in [0.5, 0.6) is 5.75 Å². The molecule has 5 heteroatoms. The molecule has 2 nitrogen and oxygen atoms in total. The Labute approximate surface area is 124 Å². The number of benzene rings is 1. The van der Waals surface area contributed by atoms with Crippen molar-refractivity contribution in [3.05, 3.63) is 27.7 Å². The Morgan fingerprint density at radius 1 is 1.17 bits per heavy atom. The summed E-state index contributed by atoms with van der Waals surface area (Å²) in [5.74, 6) is 0.522. The fourth-order valence-corrected chi connectivity index (χ4v) is 3.24. The molecule has 1 aromatic rings. The molecule has 0 saturated heterocycles. The van der Waals surface area contributed by atoms with Gasteiger partial charge in [0.2, 0.25) is 0 Å². The molecule has 1 atom stereocenters. The van der Waals surface area contributed by atoms with Crippen LogP contribution in [0.3, 0.4) is 0 Å². The van der Waals surface area contributed by atoms with Gasteiger partial charge in [-0.1, -0.05) is 42.5 Å². The summed E-state index contributed by atoms with van der Waals surface area (Å²) in [4.78, 5) is 0. The van der Waals surface area contributed by atoms with Crippen LogP contribution in [0.4, 0.5) is 0 Å². The molecule has 0 heterocycles. The largest absolute Gasteiger partial charge is 0.508 e. The van der Waals surface area contributed by atoms with Gasteiger partial charge in [-0.15, -0.1) is 12.4 Å². The van der Waals surface area contributed by atoms with E-state index in [1.165, 1.54) is 25.3 Å². The average Bonchev–Trinajstić information content (AvgIpc) is 2.28. The zero-order chi connectivity index (χ0) is 12.4. The molecule has 1 aliphatic carbocycles. The summed E-state index contributed by atoms with van der Waals surface area (Å²) >= 11 is 12.0. The highest BCUT2D eigenvalue weighted by atomic mass is 35.5. The zero-order valence-electron chi connectivity index (χ0n) is 10.0. The van der Waals surface area contributed by atoms with E-state index in [1.54, 1.807) is 6.07 Å². The molecule has 0 bridgehead atoms. The van der Waals surface area contributed by atoms with Crippen LogP contribution >= 0.6 is 35.6 Å². The second kappa shape index (κ2) is 6.85. The zero-order valence-corrected chi connectivity index (χ0v) is 12.4. The summed E-state index contributed by atoms with van der Waals surface area (Å²) < 4.78 is 0. The minimum absolute atomic E-state index is 0. The Morgan fingerprint density at radius 3 is 2.33 bits per heavy atom. The van der Waals surface area contributed by atoms with Crippen molar-refractivity contribution in [2.75, 3.05) is 0 Å². The van der Waals surface area contributed by atoms with E-state index in [0.29, 0.717) is 21.5 Å². The third kappa shape index (κ3) is 3.45. The molecule has 3 N–H and O–H groups in total. The maximum Gasteiger partial charge on any atom is 0.123 e. The highest BCUT2D eigenvalue weighted by Gasteiger charge is 2.25. The second-order valence-electron chi connectivity index (χ2n) is 4.74. The molecule has 0 aliphatic heterocycles. The molecule has 2 rings (SSSR count). The van der Waals surface area contributed by atoms with E-state index in [1.807, 2.05) is 0 Å². The quantitative estimate of drug-likeness (QED) is 0.831. The lowest BCUT2D eigenvalue weighted by molar-refractivity contribution is 0.303. The molecule has 0 aromatic heterocycles. The standard InChI is InChI=1S/C13H17Cl2NO.ClH/c14-9-6-10(15)12(11(17)7-9)13(16)8-4-2-1-3-5-8;/h6-8,13,17H,1-5,16H2;1H/t13-;/m1./s1. The third-order valence-electron chi connectivity index (χ3n) is 3.56. The average molecular weight is 311 g/mol. The highest BCUT2D eigenvalue weighted by molar-refractivity contribution is 6.35. The van der Waals surface area contributed by atoms with Gasteiger partial charge in [-0.2, -0.15) is 0 Å². The predicted molar refractivity (Wildman–Crippen MR) is 78.9 cm³/mol. The molecule has 0 unspecified atom stereocenters. The van der Waals surface area contributed by atoms with Crippen LogP contribution in [-0.4, -0.2) is 5.11 Å². The van der Waals surface area contributed by atoms with Crippen LogP contribution in [-0.2, 0) is 0 Å². The first-order chi connectivity index (χ1) is 8.09. The summed E-state index contributed by atoms with van der Waals surface area (Å²) in [7, 11) is 0. The van der Waals surface area contributed by atoms with Gasteiger partial charge in [-0.05, 0) is 30.9 Å². The summed E-state index contributed by atoms with van der Waals surface area (Å²) in [5.41, 5.74) is 6.88. The normalized spacial score (nSPS) is 18.2. The Morgan fingerprint density at radius 2 is 1.78 bits per heavy atom. The first-order valence-electron chi connectivity index (χ1n) is 6.03. The summed E-state index contributed by atoms with van der Waals surface area (Å²) in [5, 5.41) is 10.8. The van der Waals surface area contributed by atoms with E-state index >= 15 is 0 Å². The van der Waals surface area contributed by atoms with Gasteiger partial charge >= 0.3 is 0 Å². The van der Waals surface area contributed by atoms with E-state index in [4.69, 9.17) is 28.9 Å². The number of hydrogen-bond donors (Lipinski definition) is 2. The van der Waals surface area contributed by atoms with Gasteiger partial charge in [0.05, 0.1) is 5.02 Å². The van der Waals surface area contributed by atoms with Crippen molar-refractivity contribution >= 4 is 35.6 Å². The summed E-state index contributed by atoms with van der Waals surface area (Å²) in [6.07, 6.45) is 5.93. The molecule has 102 valence electrons. The molecule has 18 heavy (non-hydrogen) atoms. The van der Waals surface area contributed by atoms with Crippen LogP contribution in [0.1, 0.15) is 43.7 Å². The number of halogens is 3. The summed E-state index contributed by atoms with van der Waals surface area (Å²) in [6.45, 7) is 0. The third-order valence-corrected chi connectivity index (χ3v) is 4.09. The lowest BCUT2D eigenvalue weighted by atomic mass is 9.81. The van der Waals surface area contributed by atoms with Crippen molar-refractivity contribution in [3.8, 4) is 5.75 Å². The van der Waals surface area contributed by atoms with Gasteiger partial charge in [0.1, 0.15) is 5.75 Å². The van der Waals surface area contributed by atoms with Gasteiger partial charge < -0.3 is 10.8 Å². The molecular formula is C13H18Cl3NO. The smallest absolute Gasteiger partial charge is 0.123 e. The minimum atomic E-state index is -0.194. The van der Waals surface area contributed by atoms with Crippen LogP contribution in [0.25, 0.3) is 0 Å². The fraction of sp³-hybridized carbons (Fsp3) is 0.538. The van der Waals surface area contributed by atoms with Crippen molar-refractivity contribution in [1.29, 1.82) is 0 Å². The number of nitrogens with two attached hydrogens (primary N) is 1. The molecular weight excluding hydrogens is 293 g/mol. The lowest BCUT2D eigenvalue weighted by Crippen LogP contribution is -2.24. The van der Waals surface area contributed by atoms with Gasteiger partial charge in [-0.3, -0.25) is 0 Å².